The lowest BCUT2D eigenvalue weighted by Gasteiger charge is -2.48. The van der Waals surface area contributed by atoms with Crippen LogP contribution in [-0.2, 0) is 16.0 Å². The Hall–Kier alpha value is -1.04. The fourth-order valence-electron chi connectivity index (χ4n) is 3.32. The summed E-state index contributed by atoms with van der Waals surface area (Å²) in [6.07, 6.45) is 0.843. The molecular formula is C17H24N2O2S. The Kier molecular flexibility index (Phi) is 4.76. The van der Waals surface area contributed by atoms with Crippen molar-refractivity contribution in [2.75, 3.05) is 24.8 Å². The van der Waals surface area contributed by atoms with E-state index >= 15 is 0 Å². The van der Waals surface area contributed by atoms with Crippen LogP contribution in [0.3, 0.4) is 0 Å². The van der Waals surface area contributed by atoms with E-state index in [-0.39, 0.29) is 23.5 Å². The first-order valence-electron chi connectivity index (χ1n) is 7.84. The van der Waals surface area contributed by atoms with Crippen molar-refractivity contribution >= 4 is 17.7 Å². The van der Waals surface area contributed by atoms with Crippen LogP contribution in [0.4, 0.5) is 0 Å². The number of hydrogen-bond donors (Lipinski definition) is 1. The van der Waals surface area contributed by atoms with E-state index in [0.717, 1.165) is 18.1 Å². The van der Waals surface area contributed by atoms with Crippen LogP contribution in [0.15, 0.2) is 30.3 Å². The van der Waals surface area contributed by atoms with Crippen LogP contribution in [-0.4, -0.2) is 53.3 Å². The Balaban J connectivity index is 1.81. The molecule has 2 aliphatic rings. The summed E-state index contributed by atoms with van der Waals surface area (Å²) in [6.45, 7) is 5.42. The molecule has 120 valence electrons. The number of carbonyl (C=O) groups is 1. The predicted molar refractivity (Wildman–Crippen MR) is 89.9 cm³/mol. The minimum absolute atomic E-state index is 0.0550. The number of carbonyl (C=O) groups excluding carboxylic acids is 1. The van der Waals surface area contributed by atoms with Gasteiger partial charge in [0.2, 0.25) is 5.91 Å². The Morgan fingerprint density at radius 2 is 2.18 bits per heavy atom. The zero-order valence-corrected chi connectivity index (χ0v) is 14.1. The van der Waals surface area contributed by atoms with Crippen LogP contribution in [0.5, 0.6) is 0 Å². The Labute approximate surface area is 136 Å². The largest absolute Gasteiger partial charge is 0.377 e. The molecule has 1 aromatic rings. The van der Waals surface area contributed by atoms with Gasteiger partial charge in [-0.15, -0.1) is 11.8 Å². The van der Waals surface area contributed by atoms with Crippen LogP contribution in [0.25, 0.3) is 0 Å². The Bertz CT molecular complexity index is 515. The lowest BCUT2D eigenvalue weighted by atomic mass is 9.94. The van der Waals surface area contributed by atoms with Crippen molar-refractivity contribution in [3.63, 3.8) is 0 Å². The van der Waals surface area contributed by atoms with E-state index in [1.807, 2.05) is 18.2 Å². The van der Waals surface area contributed by atoms with Crippen LogP contribution in [0, 0.1) is 0 Å². The van der Waals surface area contributed by atoms with Gasteiger partial charge in [-0.25, -0.2) is 0 Å². The van der Waals surface area contributed by atoms with E-state index in [9.17, 15) is 4.79 Å². The molecule has 0 aromatic heterocycles. The molecule has 2 saturated heterocycles. The van der Waals surface area contributed by atoms with Gasteiger partial charge in [-0.1, -0.05) is 30.3 Å². The second kappa shape index (κ2) is 6.60. The van der Waals surface area contributed by atoms with Gasteiger partial charge in [0.05, 0.1) is 30.8 Å². The summed E-state index contributed by atoms with van der Waals surface area (Å²) in [5, 5.41) is 3.31. The molecule has 2 fully saturated rings. The quantitative estimate of drug-likeness (QED) is 0.923. The summed E-state index contributed by atoms with van der Waals surface area (Å²) in [4.78, 5) is 15.1. The maximum Gasteiger partial charge on any atom is 0.241 e. The van der Waals surface area contributed by atoms with Gasteiger partial charge in [0, 0.05) is 11.6 Å². The van der Waals surface area contributed by atoms with E-state index in [2.05, 4.69) is 36.2 Å². The molecule has 0 saturated carbocycles. The molecule has 2 atom stereocenters. The molecule has 0 radical (unpaired) electrons. The number of morpholine rings is 1. The normalized spacial score (nSPS) is 27.8. The first kappa shape index (κ1) is 15.8. The molecular weight excluding hydrogens is 296 g/mol. The lowest BCUT2D eigenvalue weighted by molar-refractivity contribution is -0.156. The van der Waals surface area contributed by atoms with Crippen molar-refractivity contribution in [1.82, 2.24) is 10.2 Å². The molecule has 3 rings (SSSR count). The third kappa shape index (κ3) is 3.31. The van der Waals surface area contributed by atoms with Gasteiger partial charge in [0.15, 0.2) is 0 Å². The van der Waals surface area contributed by atoms with E-state index in [1.165, 1.54) is 5.56 Å². The van der Waals surface area contributed by atoms with Crippen molar-refractivity contribution in [3.05, 3.63) is 35.9 Å². The van der Waals surface area contributed by atoms with Gasteiger partial charge in [-0.3, -0.25) is 10.1 Å². The molecule has 2 unspecified atom stereocenters. The highest BCUT2D eigenvalue weighted by atomic mass is 32.2. The van der Waals surface area contributed by atoms with Crippen molar-refractivity contribution in [3.8, 4) is 0 Å². The number of hydrogen-bond acceptors (Lipinski definition) is 4. The summed E-state index contributed by atoms with van der Waals surface area (Å²) in [7, 11) is 0. The number of amides is 1. The summed E-state index contributed by atoms with van der Waals surface area (Å²) in [5.41, 5.74) is 0.990. The molecule has 0 aliphatic carbocycles. The standard InChI is InChI=1S/C17H24N2O2S/c1-17(2)11-21-9-14(8-13-6-4-3-5-7-13)19(17)16(20)15-10-22-12-18-15/h3-7,14-15,18H,8-12H2,1-2H3. The second-order valence-corrected chi connectivity index (χ2v) is 7.68. The maximum atomic E-state index is 13.0. The van der Waals surface area contributed by atoms with Gasteiger partial charge >= 0.3 is 0 Å². The van der Waals surface area contributed by atoms with Gasteiger partial charge < -0.3 is 9.64 Å². The molecule has 1 N–H and O–H groups in total. The summed E-state index contributed by atoms with van der Waals surface area (Å²) in [6, 6.07) is 10.4. The highest BCUT2D eigenvalue weighted by Gasteiger charge is 2.43. The summed E-state index contributed by atoms with van der Waals surface area (Å²) < 4.78 is 5.79. The van der Waals surface area contributed by atoms with E-state index in [1.54, 1.807) is 11.8 Å². The molecule has 0 spiro atoms. The molecule has 4 nitrogen and oxygen atoms in total. The molecule has 0 bridgehead atoms. The summed E-state index contributed by atoms with van der Waals surface area (Å²) in [5.74, 6) is 1.95. The smallest absolute Gasteiger partial charge is 0.241 e. The van der Waals surface area contributed by atoms with Crippen molar-refractivity contribution in [2.24, 2.45) is 0 Å². The Morgan fingerprint density at radius 1 is 1.41 bits per heavy atom. The van der Waals surface area contributed by atoms with Crippen molar-refractivity contribution in [1.29, 1.82) is 0 Å². The second-order valence-electron chi connectivity index (χ2n) is 6.65. The van der Waals surface area contributed by atoms with Crippen molar-refractivity contribution in [2.45, 2.75) is 37.9 Å². The number of rotatable bonds is 3. The predicted octanol–water partition coefficient (Wildman–Crippen LogP) is 1.90. The van der Waals surface area contributed by atoms with Gasteiger partial charge in [-0.05, 0) is 25.8 Å². The summed E-state index contributed by atoms with van der Waals surface area (Å²) >= 11 is 1.79. The molecule has 22 heavy (non-hydrogen) atoms. The average Bonchev–Trinajstić information content (AvgIpc) is 3.01. The monoisotopic (exact) mass is 320 g/mol. The zero-order valence-electron chi connectivity index (χ0n) is 13.2. The van der Waals surface area contributed by atoms with Crippen molar-refractivity contribution < 1.29 is 9.53 Å². The fraction of sp³-hybridized carbons (Fsp3) is 0.588. The topological polar surface area (TPSA) is 41.6 Å². The fourth-order valence-corrected chi connectivity index (χ4v) is 4.25. The van der Waals surface area contributed by atoms with E-state index in [0.29, 0.717) is 13.2 Å². The third-order valence-electron chi connectivity index (χ3n) is 4.35. The third-order valence-corrected chi connectivity index (χ3v) is 5.29. The van der Waals surface area contributed by atoms with Crippen LogP contribution in [0.1, 0.15) is 19.4 Å². The van der Waals surface area contributed by atoms with Crippen LogP contribution < -0.4 is 5.32 Å². The molecule has 2 aliphatic heterocycles. The van der Waals surface area contributed by atoms with Gasteiger partial charge in [-0.2, -0.15) is 0 Å². The molecule has 1 aromatic carbocycles. The zero-order chi connectivity index (χ0) is 15.6. The maximum absolute atomic E-state index is 13.0. The highest BCUT2D eigenvalue weighted by Crippen LogP contribution is 2.28. The first-order chi connectivity index (χ1) is 10.6. The van der Waals surface area contributed by atoms with Crippen LogP contribution >= 0.6 is 11.8 Å². The molecule has 5 heteroatoms. The number of nitrogens with one attached hydrogen (secondary N) is 1. The Morgan fingerprint density at radius 3 is 2.86 bits per heavy atom. The minimum atomic E-state index is -0.260. The van der Waals surface area contributed by atoms with E-state index < -0.39 is 0 Å². The van der Waals surface area contributed by atoms with Gasteiger partial charge in [0.1, 0.15) is 0 Å². The average molecular weight is 320 g/mol. The number of ether oxygens (including phenoxy) is 1. The molecule has 2 heterocycles. The SMILES string of the molecule is CC1(C)COCC(Cc2ccccc2)N1C(=O)C1CSCN1. The van der Waals surface area contributed by atoms with E-state index in [4.69, 9.17) is 4.74 Å². The molecule has 1 amide bonds. The number of nitrogens with zero attached hydrogens (tertiary/aromatic N) is 1. The van der Waals surface area contributed by atoms with Gasteiger partial charge in [0.25, 0.3) is 0 Å². The lowest BCUT2D eigenvalue weighted by Crippen LogP contribution is -2.64. The van der Waals surface area contributed by atoms with Crippen LogP contribution in [0.2, 0.25) is 0 Å². The number of benzene rings is 1. The minimum Gasteiger partial charge on any atom is -0.377 e. The first-order valence-corrected chi connectivity index (χ1v) is 8.99. The highest BCUT2D eigenvalue weighted by molar-refractivity contribution is 7.99. The number of thioether (sulfide) groups is 1.